The van der Waals surface area contributed by atoms with E-state index in [1.165, 1.54) is 16.7 Å². The number of phenolic OH excluding ortho intramolecular Hbond substituents is 1. The minimum Gasteiger partial charge on any atom is -0.507 e. The Labute approximate surface area is 523 Å². The molecule has 0 radical (unpaired) electrons. The van der Waals surface area contributed by atoms with Crippen LogP contribution in [0.2, 0.25) is 0 Å². The number of para-hydroxylation sites is 3. The first kappa shape index (κ1) is 63.1. The highest BCUT2D eigenvalue weighted by Gasteiger charge is 2.30. The van der Waals surface area contributed by atoms with Gasteiger partial charge in [-0.2, -0.15) is 0 Å². The third-order valence-electron chi connectivity index (χ3n) is 16.8. The Balaban J connectivity index is 1.24. The van der Waals surface area contributed by atoms with Crippen molar-refractivity contribution in [3.8, 4) is 40.2 Å². The second kappa shape index (κ2) is 27.2. The number of hydrogen-bond acceptors (Lipinski definition) is 11. The molecule has 11 heteroatoms. The Morgan fingerprint density at radius 2 is 0.568 bits per heavy atom. The Kier molecular flexibility index (Phi) is 19.5. The predicted molar refractivity (Wildman–Crippen MR) is 360 cm³/mol. The van der Waals surface area contributed by atoms with Crippen LogP contribution in [0.3, 0.4) is 0 Å². The van der Waals surface area contributed by atoms with Crippen molar-refractivity contribution in [2.24, 2.45) is 15.0 Å². The Morgan fingerprint density at radius 3 is 0.841 bits per heavy atom. The predicted octanol–water partition coefficient (Wildman–Crippen LogP) is 15.2. The lowest BCUT2D eigenvalue weighted by molar-refractivity contribution is 0.212. The van der Waals surface area contributed by atoms with Gasteiger partial charge in [0.25, 0.3) is 0 Å². The van der Waals surface area contributed by atoms with Crippen molar-refractivity contribution in [2.75, 3.05) is 78.9 Å². The third kappa shape index (κ3) is 15.9. The van der Waals surface area contributed by atoms with Gasteiger partial charge in [0, 0.05) is 80.7 Å². The maximum absolute atomic E-state index is 13.0. The van der Waals surface area contributed by atoms with E-state index in [-0.39, 0.29) is 60.4 Å². The van der Waals surface area contributed by atoms with Crippen LogP contribution in [0.25, 0.3) is 0 Å². The number of aliphatic imine (C=N–C) groups is 3. The molecular formula is C77H92N4O7. The van der Waals surface area contributed by atoms with Gasteiger partial charge in [0.05, 0.1) is 19.6 Å². The minimum atomic E-state index is -0.248. The standard InChI is InChI=1S/C77H92N4O7/c1-74(2,3)63-41-55-37-57-43-64(75(4,5)6)45-59-39-61-47-66(77(10,11)12)48-62-40-60-46-65(76(7,8)9)44-58(38-56(42-63)70(55)82)72(60)87-35-32-84-68-23-17-14-20-53(68)50-79-26-29-81(28-25-78-49-52-19-13-16-22-67(52)83-31-34-86-71(57)59)30-27-80-51-54-21-15-18-24-69(54)85-33-36-88-73(61)62/h13-24,41-51,82H,25-40H2,1-12H3. The van der Waals surface area contributed by atoms with Gasteiger partial charge in [-0.25, -0.2) is 0 Å². The van der Waals surface area contributed by atoms with Gasteiger partial charge in [-0.15, -0.1) is 0 Å². The number of phenols is 1. The summed E-state index contributed by atoms with van der Waals surface area (Å²) in [4.78, 5) is 17.3. The molecule has 0 fully saturated rings. The van der Waals surface area contributed by atoms with E-state index in [4.69, 9.17) is 43.4 Å². The lowest BCUT2D eigenvalue weighted by Gasteiger charge is -2.29. The molecule has 0 spiro atoms. The number of fused-ring (bicyclic) bond motifs is 10. The van der Waals surface area contributed by atoms with Crippen molar-refractivity contribution in [3.63, 3.8) is 0 Å². The molecule has 0 atom stereocenters. The molecular weight excluding hydrogens is 1090 g/mol. The highest BCUT2D eigenvalue weighted by Crippen LogP contribution is 2.44. The van der Waals surface area contributed by atoms with Crippen LogP contribution in [0.4, 0.5) is 0 Å². The van der Waals surface area contributed by atoms with Crippen LogP contribution in [-0.2, 0) is 47.3 Å². The van der Waals surface area contributed by atoms with E-state index in [0.717, 1.165) is 101 Å². The average molecular weight is 1190 g/mol. The summed E-state index contributed by atoms with van der Waals surface area (Å²) in [5.41, 5.74) is 14.1. The topological polar surface area (TPSA) is 116 Å². The lowest BCUT2D eigenvalue weighted by atomic mass is 9.79. The number of benzene rings is 7. The quantitative estimate of drug-likeness (QED) is 0.160. The fraction of sp³-hybridized carbons (Fsp3) is 0.416. The van der Waals surface area contributed by atoms with Gasteiger partial charge in [0.15, 0.2) is 0 Å². The normalized spacial score (nSPS) is 16.7. The molecule has 1 aliphatic carbocycles. The number of ether oxygens (including phenoxy) is 6. The molecule has 0 saturated heterocycles. The number of nitrogens with zero attached hydrogens (tertiary/aromatic N) is 4. The van der Waals surface area contributed by atoms with Gasteiger partial charge in [-0.3, -0.25) is 19.9 Å². The van der Waals surface area contributed by atoms with Crippen molar-refractivity contribution in [1.29, 1.82) is 0 Å². The van der Waals surface area contributed by atoms with E-state index in [2.05, 4.69) is 143 Å². The third-order valence-corrected chi connectivity index (χ3v) is 16.8. The number of aromatic hydroxyl groups is 1. The van der Waals surface area contributed by atoms with E-state index in [9.17, 15) is 5.11 Å². The molecule has 10 rings (SSSR count). The van der Waals surface area contributed by atoms with Gasteiger partial charge in [-0.1, -0.05) is 168 Å². The molecule has 0 aromatic heterocycles. The van der Waals surface area contributed by atoms with Crippen LogP contribution in [0.1, 0.15) is 167 Å². The van der Waals surface area contributed by atoms with Crippen molar-refractivity contribution < 1.29 is 33.5 Å². The summed E-state index contributed by atoms with van der Waals surface area (Å²) < 4.78 is 41.7. The molecule has 462 valence electrons. The first-order valence-corrected chi connectivity index (χ1v) is 31.6. The molecule has 7 aromatic rings. The monoisotopic (exact) mass is 1180 g/mol. The number of rotatable bonds is 0. The summed E-state index contributed by atoms with van der Waals surface area (Å²) in [7, 11) is 0. The molecule has 3 aliphatic rings. The second-order valence-corrected chi connectivity index (χ2v) is 27.9. The molecule has 12 bridgehead atoms. The summed E-state index contributed by atoms with van der Waals surface area (Å²) in [5, 5.41) is 13.0. The van der Waals surface area contributed by atoms with E-state index in [1.807, 2.05) is 85.4 Å². The van der Waals surface area contributed by atoms with Gasteiger partial charge in [0.2, 0.25) is 0 Å². The Bertz CT molecular complexity index is 3500. The Hall–Kier alpha value is -7.89. The Morgan fingerprint density at radius 1 is 0.330 bits per heavy atom. The largest absolute Gasteiger partial charge is 0.507 e. The van der Waals surface area contributed by atoms with Crippen molar-refractivity contribution in [1.82, 2.24) is 4.90 Å². The molecule has 7 aromatic carbocycles. The van der Waals surface area contributed by atoms with Gasteiger partial charge < -0.3 is 33.5 Å². The molecule has 0 saturated carbocycles. The van der Waals surface area contributed by atoms with Gasteiger partial charge >= 0.3 is 0 Å². The highest BCUT2D eigenvalue weighted by atomic mass is 16.5. The van der Waals surface area contributed by atoms with E-state index in [1.54, 1.807) is 0 Å². The smallest absolute Gasteiger partial charge is 0.128 e. The molecule has 2 heterocycles. The van der Waals surface area contributed by atoms with Crippen LogP contribution < -0.4 is 28.4 Å². The summed E-state index contributed by atoms with van der Waals surface area (Å²) >= 11 is 0. The van der Waals surface area contributed by atoms with Crippen LogP contribution in [0, 0.1) is 0 Å². The van der Waals surface area contributed by atoms with Crippen molar-refractivity contribution in [3.05, 3.63) is 205 Å². The first-order chi connectivity index (χ1) is 42.0. The zero-order valence-electron chi connectivity index (χ0n) is 54.3. The fourth-order valence-corrected chi connectivity index (χ4v) is 11.7. The molecule has 2 aliphatic heterocycles. The van der Waals surface area contributed by atoms with Crippen molar-refractivity contribution in [2.45, 2.75) is 130 Å². The average Bonchev–Trinajstić information content (AvgIpc) is 1.31. The molecule has 11 nitrogen and oxygen atoms in total. The highest BCUT2D eigenvalue weighted by molar-refractivity contribution is 5.84. The summed E-state index contributed by atoms with van der Waals surface area (Å²) in [6, 6.07) is 42.5. The zero-order valence-corrected chi connectivity index (χ0v) is 54.3. The SMILES string of the molecule is CC(C)(C)c1cc2c(O)c(c1)Cc1cc(C(C)(C)C)cc3c1OCCOc1ccccc1C=NCCN1CCN=Cc4ccccc4OCCOc4c(cc(C(C)(C)C)cc4Cc4cc(C(C)(C)C)cc(c4OCCOc4ccccc4C=NCC1)C3)C2. The van der Waals surface area contributed by atoms with E-state index >= 15 is 0 Å². The summed E-state index contributed by atoms with van der Waals surface area (Å²) in [5.74, 6) is 4.81. The molecule has 88 heavy (non-hydrogen) atoms. The van der Waals surface area contributed by atoms with Crippen LogP contribution in [-0.4, -0.2) is 108 Å². The maximum atomic E-state index is 13.0. The maximum Gasteiger partial charge on any atom is 0.128 e. The molecule has 1 N–H and O–H groups in total. The summed E-state index contributed by atoms with van der Waals surface area (Å²) in [6.07, 6.45) is 7.54. The zero-order chi connectivity index (χ0) is 62.2. The van der Waals surface area contributed by atoms with Crippen LogP contribution in [0.5, 0.6) is 40.2 Å². The first-order valence-electron chi connectivity index (χ1n) is 31.6. The van der Waals surface area contributed by atoms with Gasteiger partial charge in [-0.05, 0) is 125 Å². The molecule has 0 unspecified atom stereocenters. The van der Waals surface area contributed by atoms with Gasteiger partial charge in [0.1, 0.15) is 79.9 Å². The van der Waals surface area contributed by atoms with Crippen LogP contribution in [0.15, 0.2) is 136 Å². The van der Waals surface area contributed by atoms with E-state index < -0.39 is 0 Å². The lowest BCUT2D eigenvalue weighted by Crippen LogP contribution is -2.31. The fourth-order valence-electron chi connectivity index (χ4n) is 11.7. The minimum absolute atomic E-state index is 0.243. The molecule has 0 amide bonds. The summed E-state index contributed by atoms with van der Waals surface area (Å²) in [6.45, 7) is 32.7. The van der Waals surface area contributed by atoms with Crippen molar-refractivity contribution >= 4 is 18.6 Å². The second-order valence-electron chi connectivity index (χ2n) is 27.9. The number of hydrogen-bond donors (Lipinski definition) is 1. The van der Waals surface area contributed by atoms with E-state index in [0.29, 0.717) is 71.6 Å². The van der Waals surface area contributed by atoms with Crippen LogP contribution >= 0.6 is 0 Å².